The van der Waals surface area contributed by atoms with E-state index in [-0.39, 0.29) is 5.91 Å². The summed E-state index contributed by atoms with van der Waals surface area (Å²) in [7, 11) is 0. The van der Waals surface area contributed by atoms with Crippen LogP contribution in [0.5, 0.6) is 0 Å². The first-order valence-corrected chi connectivity index (χ1v) is 7.78. The number of nitrogens with zero attached hydrogens (tertiary/aromatic N) is 5. The summed E-state index contributed by atoms with van der Waals surface area (Å²) in [5.74, 6) is -0.0260. The molecule has 1 aliphatic heterocycles. The quantitative estimate of drug-likeness (QED) is 0.689. The molecule has 0 saturated heterocycles. The third kappa shape index (κ3) is 2.31. The number of hydrogen-bond donors (Lipinski definition) is 0. The van der Waals surface area contributed by atoms with Crippen molar-refractivity contribution in [2.24, 2.45) is 0 Å². The Hall–Kier alpha value is -3.20. The van der Waals surface area contributed by atoms with Gasteiger partial charge in [-0.3, -0.25) is 4.79 Å². The first kappa shape index (κ1) is 14.4. The van der Waals surface area contributed by atoms with E-state index in [0.29, 0.717) is 24.2 Å². The molecule has 1 aliphatic rings. The van der Waals surface area contributed by atoms with Crippen LogP contribution in [-0.4, -0.2) is 31.9 Å². The highest BCUT2D eigenvalue weighted by Crippen LogP contribution is 2.21. The molecular formula is C18H15N5O. The first-order chi connectivity index (χ1) is 11.7. The molecule has 0 spiro atoms. The number of carbonyl (C=O) groups excluding carboxylic acids is 1. The summed E-state index contributed by atoms with van der Waals surface area (Å²) in [4.78, 5) is 18.9. The fourth-order valence-corrected chi connectivity index (χ4v) is 3.10. The van der Waals surface area contributed by atoms with E-state index < -0.39 is 0 Å². The van der Waals surface area contributed by atoms with E-state index >= 15 is 0 Å². The molecule has 0 N–H and O–H groups in total. The van der Waals surface area contributed by atoms with E-state index in [0.717, 1.165) is 29.0 Å². The van der Waals surface area contributed by atoms with Crippen molar-refractivity contribution < 1.29 is 4.79 Å². The largest absolute Gasteiger partial charge is 0.334 e. The van der Waals surface area contributed by atoms with Crippen LogP contribution < -0.4 is 0 Å². The molecular weight excluding hydrogens is 302 g/mol. The number of aryl methyl sites for hydroxylation is 1. The molecule has 0 atom stereocenters. The Kier molecular flexibility index (Phi) is 3.28. The van der Waals surface area contributed by atoms with Crippen LogP contribution in [0.1, 0.15) is 32.9 Å². The van der Waals surface area contributed by atoms with Crippen LogP contribution in [0, 0.1) is 18.3 Å². The van der Waals surface area contributed by atoms with Gasteiger partial charge < -0.3 is 4.90 Å². The van der Waals surface area contributed by atoms with Gasteiger partial charge in [-0.1, -0.05) is 0 Å². The number of fused-ring (bicyclic) bond motifs is 3. The number of nitriles is 1. The zero-order chi connectivity index (χ0) is 16.7. The molecule has 1 amide bonds. The fraction of sp³-hybridized carbons (Fsp3) is 0.222. The zero-order valence-electron chi connectivity index (χ0n) is 13.2. The Balaban J connectivity index is 1.62. The average molecular weight is 317 g/mol. The SMILES string of the molecule is Cc1cc2ncc3c(n2n1)CCN(C(=O)c1ccc(C#N)cc1)C3. The molecule has 2 aromatic heterocycles. The van der Waals surface area contributed by atoms with Crippen molar-refractivity contribution in [1.82, 2.24) is 19.5 Å². The third-order valence-electron chi connectivity index (χ3n) is 4.32. The molecule has 3 heterocycles. The van der Waals surface area contributed by atoms with Crippen molar-refractivity contribution in [1.29, 1.82) is 5.26 Å². The van der Waals surface area contributed by atoms with E-state index in [1.807, 2.05) is 28.6 Å². The maximum absolute atomic E-state index is 12.7. The van der Waals surface area contributed by atoms with Crippen LogP contribution in [0.25, 0.3) is 5.65 Å². The summed E-state index contributed by atoms with van der Waals surface area (Å²) in [6.45, 7) is 3.12. The van der Waals surface area contributed by atoms with Crippen LogP contribution >= 0.6 is 0 Å². The summed E-state index contributed by atoms with van der Waals surface area (Å²) in [5, 5.41) is 13.3. The monoisotopic (exact) mass is 317 g/mol. The van der Waals surface area contributed by atoms with E-state index in [1.54, 1.807) is 24.3 Å². The van der Waals surface area contributed by atoms with Gasteiger partial charge in [0.05, 0.1) is 23.0 Å². The molecule has 3 aromatic rings. The molecule has 6 heteroatoms. The Morgan fingerprint density at radius 3 is 2.83 bits per heavy atom. The molecule has 0 fully saturated rings. The Labute approximate surface area is 139 Å². The van der Waals surface area contributed by atoms with Gasteiger partial charge in [-0.15, -0.1) is 0 Å². The summed E-state index contributed by atoms with van der Waals surface area (Å²) in [6.07, 6.45) is 2.58. The maximum atomic E-state index is 12.7. The summed E-state index contributed by atoms with van der Waals surface area (Å²) in [5.41, 5.74) is 5.08. The standard InChI is InChI=1S/C18H15N5O/c1-12-8-17-20-10-15-11-22(7-6-16(15)23(17)21-12)18(24)14-4-2-13(9-19)3-5-14/h2-5,8,10H,6-7,11H2,1H3. The summed E-state index contributed by atoms with van der Waals surface area (Å²) >= 11 is 0. The molecule has 0 radical (unpaired) electrons. The second-order valence-corrected chi connectivity index (χ2v) is 5.95. The lowest BCUT2D eigenvalue weighted by Crippen LogP contribution is -2.37. The van der Waals surface area contributed by atoms with E-state index in [9.17, 15) is 4.79 Å². The molecule has 118 valence electrons. The minimum Gasteiger partial charge on any atom is -0.334 e. The lowest BCUT2D eigenvalue weighted by molar-refractivity contribution is 0.0732. The third-order valence-corrected chi connectivity index (χ3v) is 4.32. The topological polar surface area (TPSA) is 74.3 Å². The van der Waals surface area contributed by atoms with Gasteiger partial charge in [-0.05, 0) is 31.2 Å². The van der Waals surface area contributed by atoms with E-state index in [4.69, 9.17) is 5.26 Å². The van der Waals surface area contributed by atoms with Gasteiger partial charge in [-0.2, -0.15) is 10.4 Å². The summed E-state index contributed by atoms with van der Waals surface area (Å²) < 4.78 is 1.88. The zero-order valence-corrected chi connectivity index (χ0v) is 13.2. The fourth-order valence-electron chi connectivity index (χ4n) is 3.10. The van der Waals surface area contributed by atoms with Crippen LogP contribution in [0.4, 0.5) is 0 Å². The number of hydrogen-bond acceptors (Lipinski definition) is 4. The maximum Gasteiger partial charge on any atom is 0.254 e. The summed E-state index contributed by atoms with van der Waals surface area (Å²) in [6, 6.07) is 10.8. The highest BCUT2D eigenvalue weighted by Gasteiger charge is 2.24. The van der Waals surface area contributed by atoms with Crippen molar-refractivity contribution >= 4 is 11.6 Å². The van der Waals surface area contributed by atoms with Crippen molar-refractivity contribution in [3.8, 4) is 6.07 Å². The molecule has 24 heavy (non-hydrogen) atoms. The van der Waals surface area contributed by atoms with Gasteiger partial charge in [0, 0.05) is 42.9 Å². The predicted molar refractivity (Wildman–Crippen MR) is 87.3 cm³/mol. The minimum absolute atomic E-state index is 0.0260. The van der Waals surface area contributed by atoms with Gasteiger partial charge in [-0.25, -0.2) is 9.50 Å². The number of amides is 1. The normalized spacial score (nSPS) is 13.6. The Morgan fingerprint density at radius 2 is 2.08 bits per heavy atom. The van der Waals surface area contributed by atoms with Crippen molar-refractivity contribution in [3.05, 3.63) is 64.6 Å². The second kappa shape index (κ2) is 5.46. The van der Waals surface area contributed by atoms with E-state index in [2.05, 4.69) is 16.2 Å². The highest BCUT2D eigenvalue weighted by molar-refractivity contribution is 5.94. The molecule has 4 rings (SSSR count). The van der Waals surface area contributed by atoms with Crippen LogP contribution in [0.15, 0.2) is 36.5 Å². The van der Waals surface area contributed by atoms with Crippen LogP contribution in [-0.2, 0) is 13.0 Å². The van der Waals surface area contributed by atoms with Crippen LogP contribution in [0.2, 0.25) is 0 Å². The lowest BCUT2D eigenvalue weighted by Gasteiger charge is -2.28. The lowest BCUT2D eigenvalue weighted by atomic mass is 10.1. The van der Waals surface area contributed by atoms with Crippen molar-refractivity contribution in [2.45, 2.75) is 19.9 Å². The van der Waals surface area contributed by atoms with Crippen molar-refractivity contribution in [3.63, 3.8) is 0 Å². The average Bonchev–Trinajstić information content (AvgIpc) is 3.01. The molecule has 0 bridgehead atoms. The number of carbonyl (C=O) groups is 1. The number of aromatic nitrogens is 3. The predicted octanol–water partition coefficient (Wildman–Crippen LogP) is 2.11. The Morgan fingerprint density at radius 1 is 1.29 bits per heavy atom. The molecule has 0 unspecified atom stereocenters. The number of rotatable bonds is 1. The first-order valence-electron chi connectivity index (χ1n) is 7.78. The Bertz CT molecular complexity index is 981. The minimum atomic E-state index is -0.0260. The van der Waals surface area contributed by atoms with Gasteiger partial charge in [0.2, 0.25) is 0 Å². The molecule has 6 nitrogen and oxygen atoms in total. The molecule has 1 aromatic carbocycles. The van der Waals surface area contributed by atoms with E-state index in [1.165, 1.54) is 0 Å². The van der Waals surface area contributed by atoms with Crippen molar-refractivity contribution in [2.75, 3.05) is 6.54 Å². The van der Waals surface area contributed by atoms with Gasteiger partial charge in [0.25, 0.3) is 5.91 Å². The smallest absolute Gasteiger partial charge is 0.254 e. The highest BCUT2D eigenvalue weighted by atomic mass is 16.2. The van der Waals surface area contributed by atoms with Gasteiger partial charge in [0.1, 0.15) is 0 Å². The number of benzene rings is 1. The van der Waals surface area contributed by atoms with Crippen LogP contribution in [0.3, 0.4) is 0 Å². The second-order valence-electron chi connectivity index (χ2n) is 5.95. The molecule has 0 aliphatic carbocycles. The molecule has 0 saturated carbocycles. The van der Waals surface area contributed by atoms with Gasteiger partial charge >= 0.3 is 0 Å². The van der Waals surface area contributed by atoms with Gasteiger partial charge in [0.15, 0.2) is 5.65 Å².